The van der Waals surface area contributed by atoms with Crippen LogP contribution in [0.25, 0.3) is 0 Å². The molecule has 1 aliphatic rings. The molecule has 1 fully saturated rings. The van der Waals surface area contributed by atoms with E-state index in [2.05, 4.69) is 0 Å². The fraction of sp³-hybridized carbons (Fsp3) is 0.222. The topological polar surface area (TPSA) is 36.3 Å². The molecule has 0 amide bonds. The molecule has 0 radical (unpaired) electrons. The average Bonchev–Trinajstić information content (AvgIpc) is 2.85. The molecule has 0 aromatic heterocycles. The number of nitriles is 1. The molecule has 60 valence electrons. The summed E-state index contributed by atoms with van der Waals surface area (Å²) in [6.07, 6.45) is 0.00722. The molecule has 0 aliphatic carbocycles. The van der Waals surface area contributed by atoms with Crippen molar-refractivity contribution in [3.63, 3.8) is 0 Å². The van der Waals surface area contributed by atoms with E-state index in [1.807, 2.05) is 6.07 Å². The number of hydrogen-bond acceptors (Lipinski definition) is 2. The van der Waals surface area contributed by atoms with Gasteiger partial charge in [-0.2, -0.15) is 5.26 Å². The highest BCUT2D eigenvalue weighted by Gasteiger charge is 2.25. The van der Waals surface area contributed by atoms with Gasteiger partial charge in [0.2, 0.25) is 0 Å². The van der Waals surface area contributed by atoms with Crippen LogP contribution in [0.4, 0.5) is 4.39 Å². The Morgan fingerprint density at radius 1 is 1.50 bits per heavy atom. The van der Waals surface area contributed by atoms with Crippen molar-refractivity contribution in [1.82, 2.24) is 0 Å². The lowest BCUT2D eigenvalue weighted by Crippen LogP contribution is -1.86. The van der Waals surface area contributed by atoms with Crippen LogP contribution in [0.15, 0.2) is 18.2 Å². The summed E-state index contributed by atoms with van der Waals surface area (Å²) in [7, 11) is 0. The Hall–Kier alpha value is -1.40. The first-order chi connectivity index (χ1) is 5.79. The van der Waals surface area contributed by atoms with Gasteiger partial charge in [-0.3, -0.25) is 0 Å². The van der Waals surface area contributed by atoms with E-state index in [9.17, 15) is 4.39 Å². The molecule has 2 nitrogen and oxygen atoms in total. The maximum absolute atomic E-state index is 12.8. The monoisotopic (exact) mass is 163 g/mol. The summed E-state index contributed by atoms with van der Waals surface area (Å²) in [5, 5.41) is 8.53. The van der Waals surface area contributed by atoms with Crippen molar-refractivity contribution < 1.29 is 9.13 Å². The fourth-order valence-electron chi connectivity index (χ4n) is 1.10. The Kier molecular flexibility index (Phi) is 1.56. The van der Waals surface area contributed by atoms with E-state index in [1.165, 1.54) is 12.1 Å². The van der Waals surface area contributed by atoms with Crippen LogP contribution in [0.5, 0.6) is 0 Å². The lowest BCUT2D eigenvalue weighted by molar-refractivity contribution is 0.414. The molecule has 1 aromatic rings. The van der Waals surface area contributed by atoms with Crippen molar-refractivity contribution in [3.05, 3.63) is 35.1 Å². The first-order valence-corrected chi connectivity index (χ1v) is 3.62. The van der Waals surface area contributed by atoms with Crippen molar-refractivity contribution in [3.8, 4) is 6.07 Å². The van der Waals surface area contributed by atoms with Gasteiger partial charge < -0.3 is 4.74 Å². The molecule has 1 heterocycles. The summed E-state index contributed by atoms with van der Waals surface area (Å²) in [5.74, 6) is -0.375. The molecular weight excluding hydrogens is 157 g/mol. The van der Waals surface area contributed by atoms with E-state index in [1.54, 1.807) is 6.07 Å². The fourth-order valence-corrected chi connectivity index (χ4v) is 1.10. The van der Waals surface area contributed by atoms with Gasteiger partial charge in [-0.25, -0.2) is 4.39 Å². The lowest BCUT2D eigenvalue weighted by Gasteiger charge is -1.96. The van der Waals surface area contributed by atoms with E-state index in [4.69, 9.17) is 10.00 Å². The van der Waals surface area contributed by atoms with Gasteiger partial charge in [0.25, 0.3) is 0 Å². The van der Waals surface area contributed by atoms with E-state index in [-0.39, 0.29) is 11.9 Å². The largest absolute Gasteiger partial charge is 0.368 e. The summed E-state index contributed by atoms with van der Waals surface area (Å²) in [4.78, 5) is 0. The highest BCUT2D eigenvalue weighted by Crippen LogP contribution is 2.30. The third-order valence-corrected chi connectivity index (χ3v) is 1.75. The van der Waals surface area contributed by atoms with Crippen molar-refractivity contribution in [2.75, 3.05) is 6.61 Å². The number of benzene rings is 1. The summed E-state index contributed by atoms with van der Waals surface area (Å²) in [6, 6.07) is 6.16. The SMILES string of the molecule is N#Cc1cc(F)cc([C@H]2CO2)c1. The molecule has 0 saturated carbocycles. The molecular formula is C9H6FNO. The van der Waals surface area contributed by atoms with E-state index in [0.717, 1.165) is 5.56 Å². The molecule has 1 aliphatic heterocycles. The number of epoxide rings is 1. The van der Waals surface area contributed by atoms with Gasteiger partial charge in [0.05, 0.1) is 18.2 Å². The summed E-state index contributed by atoms with van der Waals surface area (Å²) < 4.78 is 17.8. The second kappa shape index (κ2) is 2.58. The molecule has 12 heavy (non-hydrogen) atoms. The maximum Gasteiger partial charge on any atom is 0.124 e. The molecule has 0 bridgehead atoms. The molecule has 0 unspecified atom stereocenters. The molecule has 1 aromatic carbocycles. The van der Waals surface area contributed by atoms with Gasteiger partial charge in [-0.15, -0.1) is 0 Å². The third-order valence-electron chi connectivity index (χ3n) is 1.75. The van der Waals surface area contributed by atoms with Crippen LogP contribution >= 0.6 is 0 Å². The van der Waals surface area contributed by atoms with Gasteiger partial charge in [0.15, 0.2) is 0 Å². The first-order valence-electron chi connectivity index (χ1n) is 3.62. The molecule has 1 saturated heterocycles. The van der Waals surface area contributed by atoms with Gasteiger partial charge in [-0.1, -0.05) is 0 Å². The van der Waals surface area contributed by atoms with Crippen molar-refractivity contribution in [2.45, 2.75) is 6.10 Å². The number of nitrogens with zero attached hydrogens (tertiary/aromatic N) is 1. The van der Waals surface area contributed by atoms with E-state index < -0.39 is 0 Å². The number of hydrogen-bond donors (Lipinski definition) is 0. The van der Waals surface area contributed by atoms with E-state index >= 15 is 0 Å². The Bertz CT molecular complexity index is 352. The highest BCUT2D eigenvalue weighted by atomic mass is 19.1. The minimum absolute atomic E-state index is 0.00722. The maximum atomic E-state index is 12.8. The second-order valence-electron chi connectivity index (χ2n) is 2.71. The Morgan fingerprint density at radius 3 is 2.83 bits per heavy atom. The van der Waals surface area contributed by atoms with Crippen LogP contribution in [0.1, 0.15) is 17.2 Å². The number of halogens is 1. The molecule has 3 heteroatoms. The smallest absolute Gasteiger partial charge is 0.124 e. The predicted octanol–water partition coefficient (Wildman–Crippen LogP) is 1.77. The minimum atomic E-state index is -0.375. The number of rotatable bonds is 1. The zero-order valence-corrected chi connectivity index (χ0v) is 6.25. The normalized spacial score (nSPS) is 20.2. The third kappa shape index (κ3) is 1.29. The van der Waals surface area contributed by atoms with E-state index in [0.29, 0.717) is 12.2 Å². The van der Waals surface area contributed by atoms with Crippen LogP contribution in [0.3, 0.4) is 0 Å². The Labute approximate surface area is 69.2 Å². The Morgan fingerprint density at radius 2 is 2.25 bits per heavy atom. The quantitative estimate of drug-likeness (QED) is 0.591. The lowest BCUT2D eigenvalue weighted by atomic mass is 10.1. The standard InChI is InChI=1S/C9H6FNO/c10-8-2-6(4-11)1-7(3-8)9-5-12-9/h1-3,9H,5H2/t9-/m1/s1. The van der Waals surface area contributed by atoms with Gasteiger partial charge >= 0.3 is 0 Å². The van der Waals surface area contributed by atoms with Crippen LogP contribution in [0.2, 0.25) is 0 Å². The molecule has 0 spiro atoms. The van der Waals surface area contributed by atoms with Crippen LogP contribution in [-0.4, -0.2) is 6.61 Å². The van der Waals surface area contributed by atoms with Crippen LogP contribution < -0.4 is 0 Å². The van der Waals surface area contributed by atoms with Crippen molar-refractivity contribution in [1.29, 1.82) is 5.26 Å². The van der Waals surface area contributed by atoms with Crippen molar-refractivity contribution >= 4 is 0 Å². The Balaban J connectivity index is 2.43. The van der Waals surface area contributed by atoms with Gasteiger partial charge in [-0.05, 0) is 23.8 Å². The molecule has 0 N–H and O–H groups in total. The summed E-state index contributed by atoms with van der Waals surface area (Å²) >= 11 is 0. The highest BCUT2D eigenvalue weighted by molar-refractivity contribution is 5.35. The summed E-state index contributed by atoms with van der Waals surface area (Å²) in [5.41, 5.74) is 1.10. The molecule has 1 atom stereocenters. The second-order valence-corrected chi connectivity index (χ2v) is 2.71. The average molecular weight is 163 g/mol. The van der Waals surface area contributed by atoms with Crippen LogP contribution in [0, 0.1) is 17.1 Å². The zero-order valence-electron chi connectivity index (χ0n) is 6.25. The molecule has 2 rings (SSSR count). The van der Waals surface area contributed by atoms with Crippen molar-refractivity contribution in [2.24, 2.45) is 0 Å². The van der Waals surface area contributed by atoms with Gasteiger partial charge in [0.1, 0.15) is 11.9 Å². The first kappa shape index (κ1) is 7.26. The zero-order chi connectivity index (χ0) is 8.55. The number of ether oxygens (including phenoxy) is 1. The van der Waals surface area contributed by atoms with Crippen LogP contribution in [-0.2, 0) is 4.74 Å². The van der Waals surface area contributed by atoms with Gasteiger partial charge in [0, 0.05) is 0 Å². The minimum Gasteiger partial charge on any atom is -0.368 e. The summed E-state index contributed by atoms with van der Waals surface area (Å²) in [6.45, 7) is 0.633. The predicted molar refractivity (Wildman–Crippen MR) is 39.8 cm³/mol.